The van der Waals surface area contributed by atoms with Gasteiger partial charge in [-0.25, -0.2) is 0 Å². The van der Waals surface area contributed by atoms with Crippen molar-refractivity contribution in [2.45, 2.75) is 32.6 Å². The number of ketones is 3. The molecule has 84 valence electrons. The summed E-state index contributed by atoms with van der Waals surface area (Å²) in [6.45, 7) is 1.31. The van der Waals surface area contributed by atoms with E-state index in [0.29, 0.717) is 0 Å². The van der Waals surface area contributed by atoms with E-state index in [1.165, 1.54) is 14.0 Å². The average Bonchev–Trinajstić information content (AvgIpc) is 2.13. The fourth-order valence-corrected chi connectivity index (χ4v) is 0.966. The summed E-state index contributed by atoms with van der Waals surface area (Å²) in [5, 5.41) is 0. The Kier molecular flexibility index (Phi) is 6.17. The minimum atomic E-state index is -0.612. The molecule has 0 heterocycles. The molecule has 0 aliphatic heterocycles. The number of carbonyl (C=O) groups is 4. The van der Waals surface area contributed by atoms with E-state index in [1.807, 2.05) is 0 Å². The van der Waals surface area contributed by atoms with E-state index < -0.39 is 5.97 Å². The third kappa shape index (κ3) is 7.54. The molecule has 0 N–H and O–H groups in total. The van der Waals surface area contributed by atoms with Crippen LogP contribution in [0.5, 0.6) is 0 Å². The van der Waals surface area contributed by atoms with E-state index in [2.05, 4.69) is 4.74 Å². The summed E-state index contributed by atoms with van der Waals surface area (Å²) in [7, 11) is 1.19. The van der Waals surface area contributed by atoms with Crippen molar-refractivity contribution in [3.8, 4) is 0 Å². The molecular weight excluding hydrogens is 200 g/mol. The first-order valence-electron chi connectivity index (χ1n) is 4.55. The summed E-state index contributed by atoms with van der Waals surface area (Å²) < 4.78 is 4.29. The molecule has 0 bridgehead atoms. The van der Waals surface area contributed by atoms with Crippen LogP contribution in [0.25, 0.3) is 0 Å². The zero-order chi connectivity index (χ0) is 11.8. The summed E-state index contributed by atoms with van der Waals surface area (Å²) in [4.78, 5) is 43.3. The zero-order valence-corrected chi connectivity index (χ0v) is 8.87. The maximum Gasteiger partial charge on any atom is 0.313 e. The molecule has 5 heteroatoms. The highest BCUT2D eigenvalue weighted by Crippen LogP contribution is 2.00. The lowest BCUT2D eigenvalue weighted by atomic mass is 10.1. The van der Waals surface area contributed by atoms with Crippen LogP contribution >= 0.6 is 0 Å². The summed E-state index contributed by atoms with van der Waals surface area (Å²) in [5.41, 5.74) is 0. The molecule has 0 aliphatic rings. The topological polar surface area (TPSA) is 77.5 Å². The Morgan fingerprint density at radius 3 is 1.80 bits per heavy atom. The van der Waals surface area contributed by atoms with Gasteiger partial charge in [-0.3, -0.25) is 19.2 Å². The van der Waals surface area contributed by atoms with E-state index >= 15 is 0 Å². The van der Waals surface area contributed by atoms with Gasteiger partial charge in [0.2, 0.25) is 0 Å². The number of hydrogen-bond donors (Lipinski definition) is 0. The third-order valence-corrected chi connectivity index (χ3v) is 1.70. The van der Waals surface area contributed by atoms with Crippen molar-refractivity contribution in [3.63, 3.8) is 0 Å². The molecule has 15 heavy (non-hydrogen) atoms. The highest BCUT2D eigenvalue weighted by Gasteiger charge is 2.12. The van der Waals surface area contributed by atoms with Gasteiger partial charge in [0.25, 0.3) is 0 Å². The fraction of sp³-hybridized carbons (Fsp3) is 0.600. The smallest absolute Gasteiger partial charge is 0.313 e. The van der Waals surface area contributed by atoms with Gasteiger partial charge in [-0.05, 0) is 6.92 Å². The lowest BCUT2D eigenvalue weighted by Crippen LogP contribution is -2.12. The van der Waals surface area contributed by atoms with Crippen molar-refractivity contribution in [1.82, 2.24) is 0 Å². The third-order valence-electron chi connectivity index (χ3n) is 1.70. The minimum Gasteiger partial charge on any atom is -0.469 e. The highest BCUT2D eigenvalue weighted by molar-refractivity contribution is 6.01. The molecule has 0 amide bonds. The van der Waals surface area contributed by atoms with Gasteiger partial charge in [-0.2, -0.15) is 0 Å². The van der Waals surface area contributed by atoms with E-state index in [0.717, 1.165) is 0 Å². The van der Waals surface area contributed by atoms with E-state index in [9.17, 15) is 19.2 Å². The van der Waals surface area contributed by atoms with E-state index in [4.69, 9.17) is 0 Å². The van der Waals surface area contributed by atoms with Gasteiger partial charge >= 0.3 is 5.97 Å². The molecule has 0 aromatic carbocycles. The van der Waals surface area contributed by atoms with Crippen LogP contribution in [0.2, 0.25) is 0 Å². The Morgan fingerprint density at radius 2 is 1.40 bits per heavy atom. The molecule has 5 nitrogen and oxygen atoms in total. The quantitative estimate of drug-likeness (QED) is 0.454. The molecule has 0 fully saturated rings. The molecule has 0 radical (unpaired) electrons. The Balaban J connectivity index is 3.76. The van der Waals surface area contributed by atoms with Crippen LogP contribution in [-0.2, 0) is 23.9 Å². The van der Waals surface area contributed by atoms with Crippen molar-refractivity contribution >= 4 is 23.3 Å². The van der Waals surface area contributed by atoms with E-state index in [1.54, 1.807) is 0 Å². The average molecular weight is 214 g/mol. The SMILES string of the molecule is COC(=O)CC(=O)CCC(=O)CC(C)=O. The van der Waals surface area contributed by atoms with Crippen LogP contribution in [0.4, 0.5) is 0 Å². The maximum atomic E-state index is 11.1. The van der Waals surface area contributed by atoms with Crippen LogP contribution in [0, 0.1) is 0 Å². The molecule has 0 aliphatic carbocycles. The van der Waals surface area contributed by atoms with Gasteiger partial charge in [-0.15, -0.1) is 0 Å². The Bertz CT molecular complexity index is 280. The largest absolute Gasteiger partial charge is 0.469 e. The van der Waals surface area contributed by atoms with Crippen LogP contribution in [0.1, 0.15) is 32.6 Å². The lowest BCUT2D eigenvalue weighted by Gasteiger charge is -1.99. The second-order valence-electron chi connectivity index (χ2n) is 3.21. The van der Waals surface area contributed by atoms with Crippen molar-refractivity contribution in [3.05, 3.63) is 0 Å². The summed E-state index contributed by atoms with van der Waals surface area (Å²) in [5.74, 6) is -1.46. The van der Waals surface area contributed by atoms with Crippen molar-refractivity contribution in [2.75, 3.05) is 7.11 Å². The number of carbonyl (C=O) groups excluding carboxylic acids is 4. The molecule has 0 atom stereocenters. The monoisotopic (exact) mass is 214 g/mol. The Morgan fingerprint density at radius 1 is 0.933 bits per heavy atom. The standard InChI is InChI=1S/C10H14O5/c1-7(11)5-8(12)3-4-9(13)6-10(14)15-2/h3-6H2,1-2H3. The minimum absolute atomic E-state index is 0.00933. The Labute approximate surface area is 87.8 Å². The Hall–Kier alpha value is -1.52. The first-order valence-corrected chi connectivity index (χ1v) is 4.55. The van der Waals surface area contributed by atoms with Crippen LogP contribution in [-0.4, -0.2) is 30.4 Å². The number of rotatable bonds is 7. The summed E-state index contributed by atoms with van der Waals surface area (Å²) in [6.07, 6.45) is -0.466. The fourth-order valence-electron chi connectivity index (χ4n) is 0.966. The van der Waals surface area contributed by atoms with Gasteiger partial charge in [0, 0.05) is 12.8 Å². The molecule has 0 spiro atoms. The van der Waals surface area contributed by atoms with Crippen molar-refractivity contribution < 1.29 is 23.9 Å². The van der Waals surface area contributed by atoms with Gasteiger partial charge in [0.15, 0.2) is 0 Å². The van der Waals surface area contributed by atoms with Crippen LogP contribution in [0.15, 0.2) is 0 Å². The second kappa shape index (κ2) is 6.86. The molecule has 0 saturated carbocycles. The summed E-state index contributed by atoms with van der Waals surface area (Å²) >= 11 is 0. The molecule has 0 aromatic heterocycles. The molecular formula is C10H14O5. The number of hydrogen-bond acceptors (Lipinski definition) is 5. The summed E-state index contributed by atoms with van der Waals surface area (Å²) in [6, 6.07) is 0. The van der Waals surface area contributed by atoms with Crippen molar-refractivity contribution in [2.24, 2.45) is 0 Å². The van der Waals surface area contributed by atoms with Gasteiger partial charge < -0.3 is 4.74 Å². The van der Waals surface area contributed by atoms with Crippen molar-refractivity contribution in [1.29, 1.82) is 0 Å². The molecule has 0 rings (SSSR count). The number of Topliss-reactive ketones (excluding diaryl/α,β-unsaturated/α-hetero) is 3. The number of esters is 1. The predicted molar refractivity (Wildman–Crippen MR) is 51.2 cm³/mol. The van der Waals surface area contributed by atoms with Gasteiger partial charge in [0.1, 0.15) is 23.8 Å². The molecule has 0 aromatic rings. The normalized spacial score (nSPS) is 9.47. The van der Waals surface area contributed by atoms with E-state index in [-0.39, 0.29) is 43.0 Å². The molecule has 0 saturated heterocycles. The van der Waals surface area contributed by atoms with Crippen LogP contribution < -0.4 is 0 Å². The predicted octanol–water partition coefficient (Wildman–Crippen LogP) is 0.447. The molecule has 0 unspecified atom stereocenters. The van der Waals surface area contributed by atoms with Gasteiger partial charge in [0.05, 0.1) is 13.5 Å². The highest BCUT2D eigenvalue weighted by atomic mass is 16.5. The number of methoxy groups -OCH3 is 1. The van der Waals surface area contributed by atoms with Crippen LogP contribution in [0.3, 0.4) is 0 Å². The zero-order valence-electron chi connectivity index (χ0n) is 8.87. The van der Waals surface area contributed by atoms with Gasteiger partial charge in [-0.1, -0.05) is 0 Å². The lowest BCUT2D eigenvalue weighted by molar-refractivity contribution is -0.143. The second-order valence-corrected chi connectivity index (χ2v) is 3.21. The number of ether oxygens (including phenoxy) is 1. The first kappa shape index (κ1) is 13.5. The first-order chi connectivity index (χ1) is 6.95. The maximum absolute atomic E-state index is 11.1.